The van der Waals surface area contributed by atoms with Gasteiger partial charge in [0, 0.05) is 44.8 Å². The predicted molar refractivity (Wildman–Crippen MR) is 82.5 cm³/mol. The molecule has 1 aliphatic rings. The first-order chi connectivity index (χ1) is 9.69. The van der Waals surface area contributed by atoms with Crippen molar-refractivity contribution in [2.75, 3.05) is 38.5 Å². The Hall–Kier alpha value is -1.55. The molecule has 0 bridgehead atoms. The monoisotopic (exact) mass is 275 g/mol. The lowest BCUT2D eigenvalue weighted by Crippen LogP contribution is -2.49. The van der Waals surface area contributed by atoms with E-state index in [1.54, 1.807) is 0 Å². The van der Waals surface area contributed by atoms with Gasteiger partial charge < -0.3 is 10.6 Å². The Morgan fingerprint density at radius 3 is 2.40 bits per heavy atom. The number of nitrogens with zero attached hydrogens (tertiary/aromatic N) is 2. The Balaban J connectivity index is 1.72. The zero-order valence-electron chi connectivity index (χ0n) is 12.3. The summed E-state index contributed by atoms with van der Waals surface area (Å²) in [5.74, 6) is 0.311. The van der Waals surface area contributed by atoms with E-state index in [1.165, 1.54) is 5.56 Å². The first-order valence-electron chi connectivity index (χ1n) is 7.53. The normalized spacial score (nSPS) is 16.4. The number of nitrogens with two attached hydrogens (primary N) is 1. The fourth-order valence-electron chi connectivity index (χ4n) is 2.56. The molecule has 0 radical (unpaired) electrons. The van der Waals surface area contributed by atoms with Crippen molar-refractivity contribution in [1.82, 2.24) is 9.80 Å². The van der Waals surface area contributed by atoms with Crippen LogP contribution in [0.1, 0.15) is 25.3 Å². The molecule has 0 unspecified atom stereocenters. The zero-order chi connectivity index (χ0) is 14.4. The number of rotatable bonds is 5. The molecule has 1 fully saturated rings. The molecule has 20 heavy (non-hydrogen) atoms. The number of carbonyl (C=O) groups excluding carboxylic acids is 1. The van der Waals surface area contributed by atoms with Crippen LogP contribution in [0.3, 0.4) is 0 Å². The molecule has 0 saturated carbocycles. The highest BCUT2D eigenvalue weighted by Crippen LogP contribution is 2.09. The lowest BCUT2D eigenvalue weighted by atomic mass is 10.1. The third-order valence-electron chi connectivity index (χ3n) is 3.89. The van der Waals surface area contributed by atoms with Crippen molar-refractivity contribution >= 4 is 11.6 Å². The van der Waals surface area contributed by atoms with Gasteiger partial charge >= 0.3 is 0 Å². The molecule has 2 rings (SSSR count). The van der Waals surface area contributed by atoms with Gasteiger partial charge in [0.25, 0.3) is 0 Å². The largest absolute Gasteiger partial charge is 0.399 e. The summed E-state index contributed by atoms with van der Waals surface area (Å²) in [4.78, 5) is 16.3. The molecule has 4 nitrogen and oxygen atoms in total. The van der Waals surface area contributed by atoms with E-state index in [2.05, 4.69) is 24.0 Å². The van der Waals surface area contributed by atoms with Crippen LogP contribution in [0.4, 0.5) is 5.69 Å². The Morgan fingerprint density at radius 1 is 1.15 bits per heavy atom. The number of anilines is 1. The highest BCUT2D eigenvalue weighted by Gasteiger charge is 2.19. The van der Waals surface area contributed by atoms with Crippen LogP contribution in [-0.2, 0) is 11.2 Å². The summed E-state index contributed by atoms with van der Waals surface area (Å²) >= 11 is 0. The average molecular weight is 275 g/mol. The molecule has 1 aromatic carbocycles. The van der Waals surface area contributed by atoms with Crippen LogP contribution in [0.2, 0.25) is 0 Å². The van der Waals surface area contributed by atoms with Gasteiger partial charge in [0.05, 0.1) is 0 Å². The number of piperazine rings is 1. The third kappa shape index (κ3) is 4.23. The smallest absolute Gasteiger partial charge is 0.222 e. The third-order valence-corrected chi connectivity index (χ3v) is 3.89. The molecule has 2 N–H and O–H groups in total. The lowest BCUT2D eigenvalue weighted by molar-refractivity contribution is -0.132. The summed E-state index contributed by atoms with van der Waals surface area (Å²) in [6, 6.07) is 8.10. The Bertz CT molecular complexity index is 422. The van der Waals surface area contributed by atoms with Crippen LogP contribution < -0.4 is 5.73 Å². The molecule has 4 heteroatoms. The van der Waals surface area contributed by atoms with Crippen molar-refractivity contribution < 1.29 is 4.79 Å². The standard InChI is InChI=1S/C16H25N3O/c1-2-3-16(20)19-12-10-18(11-13-19)9-8-14-4-6-15(17)7-5-14/h4-7H,2-3,8-13,17H2,1H3. The van der Waals surface area contributed by atoms with E-state index in [-0.39, 0.29) is 0 Å². The summed E-state index contributed by atoms with van der Waals surface area (Å²) in [6.45, 7) is 6.84. The minimum Gasteiger partial charge on any atom is -0.399 e. The van der Waals surface area contributed by atoms with E-state index in [0.717, 1.165) is 51.3 Å². The summed E-state index contributed by atoms with van der Waals surface area (Å²) in [5, 5.41) is 0. The summed E-state index contributed by atoms with van der Waals surface area (Å²) in [6.07, 6.45) is 2.67. The molecule has 1 heterocycles. The van der Waals surface area contributed by atoms with E-state index in [9.17, 15) is 4.79 Å². The topological polar surface area (TPSA) is 49.6 Å². The molecule has 1 aliphatic heterocycles. The summed E-state index contributed by atoms with van der Waals surface area (Å²) < 4.78 is 0. The molecule has 1 saturated heterocycles. The molecular formula is C16H25N3O. The van der Waals surface area contributed by atoms with E-state index < -0.39 is 0 Å². The van der Waals surface area contributed by atoms with E-state index in [4.69, 9.17) is 5.73 Å². The Kier molecular flexibility index (Phi) is 5.41. The van der Waals surface area contributed by atoms with Gasteiger partial charge in [0.2, 0.25) is 5.91 Å². The van der Waals surface area contributed by atoms with E-state index in [1.807, 2.05) is 17.0 Å². The second kappa shape index (κ2) is 7.29. The number of hydrogen-bond donors (Lipinski definition) is 1. The predicted octanol–water partition coefficient (Wildman–Crippen LogP) is 1.76. The molecule has 0 aliphatic carbocycles. The van der Waals surface area contributed by atoms with Gasteiger partial charge in [0.1, 0.15) is 0 Å². The van der Waals surface area contributed by atoms with Crippen molar-refractivity contribution in [3.63, 3.8) is 0 Å². The quantitative estimate of drug-likeness (QED) is 0.833. The van der Waals surface area contributed by atoms with Gasteiger partial charge in [-0.2, -0.15) is 0 Å². The van der Waals surface area contributed by atoms with Crippen molar-refractivity contribution in [3.8, 4) is 0 Å². The van der Waals surface area contributed by atoms with Crippen LogP contribution in [0.5, 0.6) is 0 Å². The highest BCUT2D eigenvalue weighted by atomic mass is 16.2. The van der Waals surface area contributed by atoms with Crippen LogP contribution >= 0.6 is 0 Å². The average Bonchev–Trinajstić information content (AvgIpc) is 2.47. The van der Waals surface area contributed by atoms with Gasteiger partial charge in [-0.15, -0.1) is 0 Å². The minimum absolute atomic E-state index is 0.311. The maximum absolute atomic E-state index is 11.8. The molecule has 1 aromatic rings. The van der Waals surface area contributed by atoms with Gasteiger partial charge in [0.15, 0.2) is 0 Å². The van der Waals surface area contributed by atoms with E-state index >= 15 is 0 Å². The number of benzene rings is 1. The zero-order valence-corrected chi connectivity index (χ0v) is 12.3. The van der Waals surface area contributed by atoms with Gasteiger partial charge in [-0.3, -0.25) is 9.69 Å². The Morgan fingerprint density at radius 2 is 1.80 bits per heavy atom. The van der Waals surface area contributed by atoms with Crippen LogP contribution in [0.25, 0.3) is 0 Å². The first kappa shape index (κ1) is 14.9. The van der Waals surface area contributed by atoms with Crippen molar-refractivity contribution in [3.05, 3.63) is 29.8 Å². The summed E-state index contributed by atoms with van der Waals surface area (Å²) in [7, 11) is 0. The number of amides is 1. The molecule has 0 aromatic heterocycles. The van der Waals surface area contributed by atoms with Crippen molar-refractivity contribution in [1.29, 1.82) is 0 Å². The van der Waals surface area contributed by atoms with Gasteiger partial charge in [-0.05, 0) is 30.5 Å². The fraction of sp³-hybridized carbons (Fsp3) is 0.562. The SMILES string of the molecule is CCCC(=O)N1CCN(CCc2ccc(N)cc2)CC1. The minimum atomic E-state index is 0.311. The van der Waals surface area contributed by atoms with Crippen molar-refractivity contribution in [2.45, 2.75) is 26.2 Å². The lowest BCUT2D eigenvalue weighted by Gasteiger charge is -2.34. The van der Waals surface area contributed by atoms with Crippen LogP contribution in [0, 0.1) is 0 Å². The maximum atomic E-state index is 11.8. The Labute approximate surface area is 121 Å². The van der Waals surface area contributed by atoms with Gasteiger partial charge in [-0.25, -0.2) is 0 Å². The first-order valence-corrected chi connectivity index (χ1v) is 7.53. The molecule has 0 atom stereocenters. The fourth-order valence-corrected chi connectivity index (χ4v) is 2.56. The summed E-state index contributed by atoms with van der Waals surface area (Å²) in [5.41, 5.74) is 7.83. The molecular weight excluding hydrogens is 250 g/mol. The highest BCUT2D eigenvalue weighted by molar-refractivity contribution is 5.76. The maximum Gasteiger partial charge on any atom is 0.222 e. The number of hydrogen-bond acceptors (Lipinski definition) is 3. The second-order valence-corrected chi connectivity index (χ2v) is 5.46. The van der Waals surface area contributed by atoms with Crippen LogP contribution in [0.15, 0.2) is 24.3 Å². The second-order valence-electron chi connectivity index (χ2n) is 5.46. The molecule has 110 valence electrons. The van der Waals surface area contributed by atoms with Crippen LogP contribution in [-0.4, -0.2) is 48.4 Å². The van der Waals surface area contributed by atoms with Crippen molar-refractivity contribution in [2.24, 2.45) is 0 Å². The number of carbonyl (C=O) groups is 1. The van der Waals surface area contributed by atoms with E-state index in [0.29, 0.717) is 12.3 Å². The van der Waals surface area contributed by atoms with Gasteiger partial charge in [-0.1, -0.05) is 19.1 Å². The number of nitrogen functional groups attached to an aromatic ring is 1. The molecule has 1 amide bonds. The molecule has 0 spiro atoms.